The highest BCUT2D eigenvalue weighted by molar-refractivity contribution is 5.82. The highest BCUT2D eigenvalue weighted by Gasteiger charge is 2.29. The summed E-state index contributed by atoms with van der Waals surface area (Å²) in [5.74, 6) is 1.11. The maximum absolute atomic E-state index is 12.7. The molecule has 2 fully saturated rings. The molecule has 0 aromatic heterocycles. The van der Waals surface area contributed by atoms with Crippen molar-refractivity contribution in [2.75, 3.05) is 26.2 Å². The summed E-state index contributed by atoms with van der Waals surface area (Å²) in [4.78, 5) is 29.4. The van der Waals surface area contributed by atoms with Crippen molar-refractivity contribution < 1.29 is 9.59 Å². The first-order valence-corrected chi connectivity index (χ1v) is 10.8. The first-order chi connectivity index (χ1) is 13.4. The Kier molecular flexibility index (Phi) is 7.11. The van der Waals surface area contributed by atoms with Crippen LogP contribution in [0.4, 0.5) is 0 Å². The minimum absolute atomic E-state index is 0.132. The Labute approximate surface area is 169 Å². The van der Waals surface area contributed by atoms with Crippen LogP contribution in [0.15, 0.2) is 24.3 Å². The molecule has 1 aliphatic heterocycles. The fraction of sp³-hybridized carbons (Fsp3) is 0.652. The largest absolute Gasteiger partial charge is 0.352 e. The van der Waals surface area contributed by atoms with Gasteiger partial charge in [-0.1, -0.05) is 31.2 Å². The average molecular weight is 386 g/mol. The van der Waals surface area contributed by atoms with Gasteiger partial charge in [0.2, 0.25) is 11.8 Å². The summed E-state index contributed by atoms with van der Waals surface area (Å²) >= 11 is 0. The summed E-state index contributed by atoms with van der Waals surface area (Å²) in [6.45, 7) is 9.25. The van der Waals surface area contributed by atoms with E-state index < -0.39 is 0 Å². The molecule has 3 rings (SSSR count). The van der Waals surface area contributed by atoms with Gasteiger partial charge in [-0.25, -0.2) is 0 Å². The maximum Gasteiger partial charge on any atom is 0.237 e. The summed E-state index contributed by atoms with van der Waals surface area (Å²) < 4.78 is 0. The van der Waals surface area contributed by atoms with Crippen LogP contribution in [0.1, 0.15) is 50.7 Å². The van der Waals surface area contributed by atoms with E-state index in [0.29, 0.717) is 25.6 Å². The van der Waals surface area contributed by atoms with Gasteiger partial charge in [-0.2, -0.15) is 0 Å². The van der Waals surface area contributed by atoms with E-state index in [4.69, 9.17) is 0 Å². The SMILES string of the molecule is Cc1ccccc1CC(=O)N1CCN(C(C)C(=O)NC2CCC(C)CC2)CC1. The Morgan fingerprint density at radius 2 is 1.71 bits per heavy atom. The van der Waals surface area contributed by atoms with Gasteiger partial charge in [0.15, 0.2) is 0 Å². The Hall–Kier alpha value is -1.88. The summed E-state index contributed by atoms with van der Waals surface area (Å²) in [6.07, 6.45) is 5.08. The molecular weight excluding hydrogens is 350 g/mol. The number of piperazine rings is 1. The number of aryl methyl sites for hydroxylation is 1. The molecular formula is C23H35N3O2. The molecule has 28 heavy (non-hydrogen) atoms. The lowest BCUT2D eigenvalue weighted by molar-refractivity contribution is -0.133. The molecule has 5 heteroatoms. The normalized spacial score (nSPS) is 24.6. The van der Waals surface area contributed by atoms with Gasteiger partial charge in [0.25, 0.3) is 0 Å². The lowest BCUT2D eigenvalue weighted by atomic mass is 9.87. The van der Waals surface area contributed by atoms with E-state index in [1.165, 1.54) is 12.8 Å². The van der Waals surface area contributed by atoms with E-state index in [2.05, 4.69) is 17.1 Å². The lowest BCUT2D eigenvalue weighted by Gasteiger charge is -2.38. The molecule has 1 heterocycles. The van der Waals surface area contributed by atoms with Gasteiger partial charge >= 0.3 is 0 Å². The molecule has 0 radical (unpaired) electrons. The van der Waals surface area contributed by atoms with E-state index >= 15 is 0 Å². The molecule has 0 bridgehead atoms. The highest BCUT2D eigenvalue weighted by atomic mass is 16.2. The van der Waals surface area contributed by atoms with Gasteiger partial charge in [0.1, 0.15) is 0 Å². The fourth-order valence-electron chi connectivity index (χ4n) is 4.33. The number of carbonyl (C=O) groups is 2. The van der Waals surface area contributed by atoms with Crippen LogP contribution in [0, 0.1) is 12.8 Å². The number of nitrogens with one attached hydrogen (secondary N) is 1. The molecule has 1 aliphatic carbocycles. The van der Waals surface area contributed by atoms with Gasteiger partial charge < -0.3 is 10.2 Å². The summed E-state index contributed by atoms with van der Waals surface area (Å²) in [7, 11) is 0. The van der Waals surface area contributed by atoms with Crippen molar-refractivity contribution in [1.29, 1.82) is 0 Å². The van der Waals surface area contributed by atoms with Crippen molar-refractivity contribution in [2.24, 2.45) is 5.92 Å². The quantitative estimate of drug-likeness (QED) is 0.848. The Bertz CT molecular complexity index is 674. The monoisotopic (exact) mass is 385 g/mol. The number of hydrogen-bond acceptors (Lipinski definition) is 3. The Balaban J connectivity index is 1.44. The third kappa shape index (κ3) is 5.34. The molecule has 1 unspecified atom stereocenters. The minimum Gasteiger partial charge on any atom is -0.352 e. The van der Waals surface area contributed by atoms with Crippen LogP contribution in [0.5, 0.6) is 0 Å². The first-order valence-electron chi connectivity index (χ1n) is 10.8. The van der Waals surface area contributed by atoms with Gasteiger partial charge in [0, 0.05) is 32.2 Å². The molecule has 0 spiro atoms. The van der Waals surface area contributed by atoms with Gasteiger partial charge in [-0.15, -0.1) is 0 Å². The second kappa shape index (κ2) is 9.55. The van der Waals surface area contributed by atoms with E-state index in [0.717, 1.165) is 43.0 Å². The number of hydrogen-bond donors (Lipinski definition) is 1. The van der Waals surface area contributed by atoms with Crippen LogP contribution >= 0.6 is 0 Å². The Morgan fingerprint density at radius 1 is 1.07 bits per heavy atom. The van der Waals surface area contributed by atoms with Crippen molar-refractivity contribution >= 4 is 11.8 Å². The lowest BCUT2D eigenvalue weighted by Crippen LogP contribution is -2.56. The van der Waals surface area contributed by atoms with E-state index in [-0.39, 0.29) is 17.9 Å². The number of carbonyl (C=O) groups excluding carboxylic acids is 2. The molecule has 2 aliphatic rings. The topological polar surface area (TPSA) is 52.7 Å². The molecule has 1 aromatic carbocycles. The van der Waals surface area contributed by atoms with Crippen LogP contribution < -0.4 is 5.32 Å². The highest BCUT2D eigenvalue weighted by Crippen LogP contribution is 2.23. The van der Waals surface area contributed by atoms with Crippen molar-refractivity contribution in [2.45, 2.75) is 65.0 Å². The second-order valence-corrected chi connectivity index (χ2v) is 8.66. The van der Waals surface area contributed by atoms with Gasteiger partial charge in [-0.05, 0) is 56.6 Å². The van der Waals surface area contributed by atoms with Crippen LogP contribution in [0.2, 0.25) is 0 Å². The van der Waals surface area contributed by atoms with Crippen molar-refractivity contribution in [3.8, 4) is 0 Å². The third-order valence-corrected chi connectivity index (χ3v) is 6.56. The molecule has 2 amide bonds. The average Bonchev–Trinajstić information content (AvgIpc) is 2.71. The molecule has 1 aromatic rings. The second-order valence-electron chi connectivity index (χ2n) is 8.66. The summed E-state index contributed by atoms with van der Waals surface area (Å²) in [5, 5.41) is 3.25. The number of rotatable bonds is 5. The zero-order chi connectivity index (χ0) is 20.1. The predicted molar refractivity (Wildman–Crippen MR) is 112 cm³/mol. The van der Waals surface area contributed by atoms with Gasteiger partial charge in [0.05, 0.1) is 12.5 Å². The Morgan fingerprint density at radius 3 is 2.36 bits per heavy atom. The number of benzene rings is 1. The van der Waals surface area contributed by atoms with Crippen molar-refractivity contribution in [1.82, 2.24) is 15.1 Å². The summed E-state index contributed by atoms with van der Waals surface area (Å²) in [6, 6.07) is 8.27. The van der Waals surface area contributed by atoms with E-state index in [1.807, 2.05) is 43.0 Å². The van der Waals surface area contributed by atoms with E-state index in [9.17, 15) is 9.59 Å². The van der Waals surface area contributed by atoms with E-state index in [1.54, 1.807) is 0 Å². The van der Waals surface area contributed by atoms with Crippen molar-refractivity contribution in [3.63, 3.8) is 0 Å². The zero-order valence-electron chi connectivity index (χ0n) is 17.6. The number of nitrogens with zero attached hydrogens (tertiary/aromatic N) is 2. The molecule has 1 N–H and O–H groups in total. The van der Waals surface area contributed by atoms with Crippen LogP contribution in [0.3, 0.4) is 0 Å². The molecule has 5 nitrogen and oxygen atoms in total. The summed E-state index contributed by atoms with van der Waals surface area (Å²) in [5.41, 5.74) is 2.27. The molecule has 1 atom stereocenters. The van der Waals surface area contributed by atoms with Crippen LogP contribution in [-0.4, -0.2) is 59.9 Å². The predicted octanol–water partition coefficient (Wildman–Crippen LogP) is 2.77. The molecule has 154 valence electrons. The minimum atomic E-state index is -0.132. The van der Waals surface area contributed by atoms with Crippen LogP contribution in [-0.2, 0) is 16.0 Å². The zero-order valence-corrected chi connectivity index (χ0v) is 17.6. The first kappa shape index (κ1) is 20.8. The molecule has 1 saturated heterocycles. The standard InChI is InChI=1S/C23H35N3O2/c1-17-8-10-21(11-9-17)24-23(28)19(3)25-12-14-26(15-13-25)22(27)16-20-7-5-4-6-18(20)2/h4-7,17,19,21H,8-16H2,1-3H3,(H,24,28). The third-order valence-electron chi connectivity index (χ3n) is 6.56. The number of amides is 2. The maximum atomic E-state index is 12.7. The van der Waals surface area contributed by atoms with Gasteiger partial charge in [-0.3, -0.25) is 14.5 Å². The molecule has 1 saturated carbocycles. The van der Waals surface area contributed by atoms with Crippen LogP contribution in [0.25, 0.3) is 0 Å². The van der Waals surface area contributed by atoms with Crippen molar-refractivity contribution in [3.05, 3.63) is 35.4 Å². The fourth-order valence-corrected chi connectivity index (χ4v) is 4.33. The smallest absolute Gasteiger partial charge is 0.237 e.